The van der Waals surface area contributed by atoms with Crippen LogP contribution in [0.2, 0.25) is 0 Å². The predicted molar refractivity (Wildman–Crippen MR) is 75.4 cm³/mol. The minimum absolute atomic E-state index is 0.0478. The first-order valence-corrected chi connectivity index (χ1v) is 7.90. The van der Waals surface area contributed by atoms with E-state index in [-0.39, 0.29) is 5.03 Å². The Balaban J connectivity index is 2.30. The third-order valence-corrected chi connectivity index (χ3v) is 4.24. The molecule has 6 nitrogen and oxygen atoms in total. The fraction of sp³-hybridized carbons (Fsp3) is 0.273. The van der Waals surface area contributed by atoms with Crippen LogP contribution in [0.3, 0.4) is 0 Å². The summed E-state index contributed by atoms with van der Waals surface area (Å²) in [5.41, 5.74) is 1.03. The Hall–Kier alpha value is -1.41. The first kappa shape index (κ1) is 14.0. The van der Waals surface area contributed by atoms with Crippen molar-refractivity contribution in [2.24, 2.45) is 0 Å². The van der Waals surface area contributed by atoms with Gasteiger partial charge in [-0.2, -0.15) is 8.42 Å². The summed E-state index contributed by atoms with van der Waals surface area (Å²) in [5.74, 6) is 0.631. The number of aromatic amines is 1. The van der Waals surface area contributed by atoms with Gasteiger partial charge < -0.3 is 4.98 Å². The lowest BCUT2D eigenvalue weighted by atomic mass is 10.3. The first-order chi connectivity index (χ1) is 8.92. The van der Waals surface area contributed by atoms with Crippen molar-refractivity contribution >= 4 is 31.6 Å². The summed E-state index contributed by atoms with van der Waals surface area (Å²) in [7, 11) is -3.66. The van der Waals surface area contributed by atoms with Gasteiger partial charge >= 0.3 is 0 Å². The zero-order valence-corrected chi connectivity index (χ0v) is 12.8. The fourth-order valence-electron chi connectivity index (χ4n) is 1.50. The number of anilines is 1. The van der Waals surface area contributed by atoms with Crippen LogP contribution >= 0.6 is 15.9 Å². The smallest absolute Gasteiger partial charge is 0.279 e. The minimum Gasteiger partial charge on any atom is -0.332 e. The molecule has 2 rings (SSSR count). The summed E-state index contributed by atoms with van der Waals surface area (Å²) in [6, 6.07) is 3.33. The Morgan fingerprint density at radius 2 is 2.16 bits per heavy atom. The number of aromatic nitrogens is 3. The molecular weight excluding hydrogens is 332 g/mol. The van der Waals surface area contributed by atoms with Crippen molar-refractivity contribution in [3.05, 3.63) is 34.5 Å². The minimum atomic E-state index is -3.66. The van der Waals surface area contributed by atoms with Gasteiger partial charge in [-0.25, -0.2) is 9.97 Å². The molecule has 0 aromatic carbocycles. The summed E-state index contributed by atoms with van der Waals surface area (Å²) in [6.45, 7) is 3.62. The van der Waals surface area contributed by atoms with Crippen LogP contribution in [0.4, 0.5) is 5.69 Å². The van der Waals surface area contributed by atoms with E-state index in [4.69, 9.17) is 0 Å². The average Bonchev–Trinajstić information content (AvgIpc) is 2.82. The molecule has 2 aromatic rings. The lowest BCUT2D eigenvalue weighted by molar-refractivity contribution is 0.598. The van der Waals surface area contributed by atoms with Crippen LogP contribution in [0.25, 0.3) is 0 Å². The van der Waals surface area contributed by atoms with Crippen molar-refractivity contribution in [3.8, 4) is 0 Å². The van der Waals surface area contributed by atoms with Crippen LogP contribution in [-0.2, 0) is 16.4 Å². The van der Waals surface area contributed by atoms with Crippen LogP contribution in [0.1, 0.15) is 18.4 Å². The number of hydrogen-bond acceptors (Lipinski definition) is 4. The highest BCUT2D eigenvalue weighted by Crippen LogP contribution is 2.19. The van der Waals surface area contributed by atoms with Crippen molar-refractivity contribution in [1.29, 1.82) is 0 Å². The summed E-state index contributed by atoms with van der Waals surface area (Å²) in [4.78, 5) is 10.9. The SMILES string of the molecule is CCc1ncc(S(=O)(=O)Nc2ccc(Br)nc2C)[nH]1. The Labute approximate surface area is 119 Å². The molecular formula is C11H13BrN4O2S. The maximum Gasteiger partial charge on any atom is 0.279 e. The van der Waals surface area contributed by atoms with Crippen molar-refractivity contribution < 1.29 is 8.42 Å². The number of hydrogen-bond donors (Lipinski definition) is 2. The van der Waals surface area contributed by atoms with Crippen LogP contribution < -0.4 is 4.72 Å². The molecule has 2 heterocycles. The van der Waals surface area contributed by atoms with E-state index < -0.39 is 10.0 Å². The molecule has 2 N–H and O–H groups in total. The van der Waals surface area contributed by atoms with E-state index in [1.807, 2.05) is 6.92 Å². The summed E-state index contributed by atoms with van der Waals surface area (Å²) in [5, 5.41) is 0.0478. The van der Waals surface area contributed by atoms with Gasteiger partial charge in [-0.15, -0.1) is 0 Å². The van der Waals surface area contributed by atoms with Crippen molar-refractivity contribution in [1.82, 2.24) is 15.0 Å². The maximum atomic E-state index is 12.1. The fourth-order valence-corrected chi connectivity index (χ4v) is 2.95. The molecule has 0 aliphatic heterocycles. The highest BCUT2D eigenvalue weighted by atomic mass is 79.9. The number of pyridine rings is 1. The van der Waals surface area contributed by atoms with Gasteiger partial charge in [0.25, 0.3) is 10.0 Å². The highest BCUT2D eigenvalue weighted by Gasteiger charge is 2.18. The van der Waals surface area contributed by atoms with Crippen LogP contribution in [0.15, 0.2) is 28.0 Å². The number of sulfonamides is 1. The number of halogens is 1. The number of H-pyrrole nitrogens is 1. The van der Waals surface area contributed by atoms with Gasteiger partial charge in [0, 0.05) is 6.42 Å². The van der Waals surface area contributed by atoms with Gasteiger partial charge in [-0.1, -0.05) is 6.92 Å². The zero-order valence-electron chi connectivity index (χ0n) is 10.4. The third kappa shape index (κ3) is 3.13. The molecule has 0 saturated heterocycles. The van der Waals surface area contributed by atoms with Crippen LogP contribution in [0, 0.1) is 6.92 Å². The Morgan fingerprint density at radius 1 is 1.42 bits per heavy atom. The van der Waals surface area contributed by atoms with Crippen molar-refractivity contribution in [3.63, 3.8) is 0 Å². The van der Waals surface area contributed by atoms with Crippen molar-refractivity contribution in [2.45, 2.75) is 25.3 Å². The molecule has 8 heteroatoms. The predicted octanol–water partition coefficient (Wildman–Crippen LogP) is 2.24. The second-order valence-corrected chi connectivity index (χ2v) is 6.38. The molecule has 0 amide bonds. The molecule has 0 aliphatic rings. The molecule has 0 atom stereocenters. The summed E-state index contributed by atoms with van der Waals surface area (Å²) < 4.78 is 27.4. The molecule has 19 heavy (non-hydrogen) atoms. The average molecular weight is 345 g/mol. The third-order valence-electron chi connectivity index (χ3n) is 2.53. The van der Waals surface area contributed by atoms with Crippen LogP contribution in [-0.4, -0.2) is 23.4 Å². The standard InChI is InChI=1S/C11H13BrN4O2S/c1-3-10-13-6-11(15-10)19(17,18)16-8-4-5-9(12)14-7(8)2/h4-6,16H,3H2,1-2H3,(H,13,15). The van der Waals surface area contributed by atoms with Gasteiger partial charge in [0.05, 0.1) is 17.6 Å². The van der Waals surface area contributed by atoms with Gasteiger partial charge in [0.15, 0.2) is 5.03 Å². The normalized spacial score (nSPS) is 11.5. The van der Waals surface area contributed by atoms with Crippen molar-refractivity contribution in [2.75, 3.05) is 4.72 Å². The van der Waals surface area contributed by atoms with E-state index in [0.717, 1.165) is 0 Å². The summed E-state index contributed by atoms with van der Waals surface area (Å²) in [6.07, 6.45) is 1.96. The molecule has 2 aromatic heterocycles. The van der Waals surface area contributed by atoms with E-state index >= 15 is 0 Å². The Morgan fingerprint density at radius 3 is 2.74 bits per heavy atom. The molecule has 0 aliphatic carbocycles. The highest BCUT2D eigenvalue weighted by molar-refractivity contribution is 9.10. The van der Waals surface area contributed by atoms with E-state index in [0.29, 0.717) is 28.2 Å². The second-order valence-electron chi connectivity index (χ2n) is 3.92. The number of nitrogens with zero attached hydrogens (tertiary/aromatic N) is 2. The van der Waals surface area contributed by atoms with E-state index in [1.165, 1.54) is 6.20 Å². The molecule has 102 valence electrons. The van der Waals surface area contributed by atoms with Gasteiger partial charge in [0.1, 0.15) is 10.4 Å². The first-order valence-electron chi connectivity index (χ1n) is 5.62. The van der Waals surface area contributed by atoms with E-state index in [9.17, 15) is 8.42 Å². The van der Waals surface area contributed by atoms with Gasteiger partial charge in [-0.3, -0.25) is 4.72 Å². The van der Waals surface area contributed by atoms with E-state index in [1.54, 1.807) is 19.1 Å². The Bertz CT molecular complexity index is 696. The lowest BCUT2D eigenvalue weighted by Crippen LogP contribution is -2.14. The monoisotopic (exact) mass is 344 g/mol. The summed E-state index contributed by atoms with van der Waals surface area (Å²) >= 11 is 3.23. The molecule has 0 spiro atoms. The Kier molecular flexibility index (Phi) is 3.91. The van der Waals surface area contributed by atoms with E-state index in [2.05, 4.69) is 35.6 Å². The number of nitrogens with one attached hydrogen (secondary N) is 2. The topological polar surface area (TPSA) is 87.7 Å². The second kappa shape index (κ2) is 5.30. The zero-order chi connectivity index (χ0) is 14.0. The quantitative estimate of drug-likeness (QED) is 0.832. The largest absolute Gasteiger partial charge is 0.332 e. The molecule has 0 saturated carbocycles. The number of imidazole rings is 1. The number of rotatable bonds is 4. The number of aryl methyl sites for hydroxylation is 2. The molecule has 0 radical (unpaired) electrons. The lowest BCUT2D eigenvalue weighted by Gasteiger charge is -2.08. The molecule has 0 unspecified atom stereocenters. The maximum absolute atomic E-state index is 12.1. The van der Waals surface area contributed by atoms with Crippen LogP contribution in [0.5, 0.6) is 0 Å². The molecule has 0 bridgehead atoms. The molecule has 0 fully saturated rings. The van der Waals surface area contributed by atoms with Gasteiger partial charge in [0.2, 0.25) is 0 Å². The van der Waals surface area contributed by atoms with Gasteiger partial charge in [-0.05, 0) is 35.0 Å².